The molecule has 6 rings (SSSR count). The summed E-state index contributed by atoms with van der Waals surface area (Å²) in [6.45, 7) is 4.29. The lowest BCUT2D eigenvalue weighted by Gasteiger charge is -2.27. The topological polar surface area (TPSA) is 125 Å². The van der Waals surface area contributed by atoms with Crippen LogP contribution in [0.25, 0.3) is 34.1 Å². The zero-order valence-electron chi connectivity index (χ0n) is 21.5. The molecule has 4 aromatic heterocycles. The van der Waals surface area contributed by atoms with Crippen LogP contribution in [0.4, 0.5) is 0 Å². The van der Waals surface area contributed by atoms with Crippen LogP contribution >= 0.6 is 11.6 Å². The predicted molar refractivity (Wildman–Crippen MR) is 142 cm³/mol. The molecule has 2 saturated carbocycles. The van der Waals surface area contributed by atoms with Gasteiger partial charge in [0.25, 0.3) is 0 Å². The average molecular weight is 538 g/mol. The number of imidazole rings is 1. The van der Waals surface area contributed by atoms with Crippen molar-refractivity contribution in [2.75, 3.05) is 6.61 Å². The summed E-state index contributed by atoms with van der Waals surface area (Å²) < 4.78 is 13.2. The Labute approximate surface area is 225 Å². The number of H-pyrrole nitrogens is 1. The van der Waals surface area contributed by atoms with Crippen LogP contribution in [-0.4, -0.2) is 41.3 Å². The number of aromatic amines is 1. The SMILES string of the molecule is CC1CCC(Cn2c(COCC3CCCC3)nc3nc(-c4noc(=O)[nH]4)nc(-c4cncc(Cl)c4)c32)CC1. The molecule has 4 aromatic rings. The Balaban J connectivity index is 1.45. The van der Waals surface area contributed by atoms with Gasteiger partial charge in [-0.05, 0) is 49.5 Å². The normalized spacial score (nSPS) is 20.5. The zero-order chi connectivity index (χ0) is 26.1. The van der Waals surface area contributed by atoms with E-state index in [2.05, 4.69) is 26.6 Å². The smallest absolute Gasteiger partial charge is 0.373 e. The Morgan fingerprint density at radius 2 is 1.89 bits per heavy atom. The fourth-order valence-electron chi connectivity index (χ4n) is 5.83. The molecule has 11 heteroatoms. The molecule has 0 amide bonds. The third-order valence-electron chi connectivity index (χ3n) is 7.95. The number of nitrogens with one attached hydrogen (secondary N) is 1. The first-order valence-electron chi connectivity index (χ1n) is 13.6. The van der Waals surface area contributed by atoms with Crippen LogP contribution in [0.5, 0.6) is 0 Å². The Morgan fingerprint density at radius 3 is 2.63 bits per heavy atom. The number of hydrogen-bond donors (Lipinski definition) is 1. The van der Waals surface area contributed by atoms with Crippen molar-refractivity contribution in [3.8, 4) is 22.9 Å². The van der Waals surface area contributed by atoms with Crippen molar-refractivity contribution in [1.82, 2.24) is 34.6 Å². The Morgan fingerprint density at radius 1 is 1.08 bits per heavy atom. The first kappa shape index (κ1) is 25.2. The molecular weight excluding hydrogens is 506 g/mol. The highest BCUT2D eigenvalue weighted by molar-refractivity contribution is 6.30. The molecule has 0 aromatic carbocycles. The van der Waals surface area contributed by atoms with E-state index < -0.39 is 5.76 Å². The molecule has 2 fully saturated rings. The molecule has 2 aliphatic rings. The van der Waals surface area contributed by atoms with Gasteiger partial charge in [0.1, 0.15) is 23.6 Å². The van der Waals surface area contributed by atoms with E-state index in [0.29, 0.717) is 34.8 Å². The van der Waals surface area contributed by atoms with E-state index in [4.69, 9.17) is 35.8 Å². The zero-order valence-corrected chi connectivity index (χ0v) is 22.3. The summed E-state index contributed by atoms with van der Waals surface area (Å²) in [6, 6.07) is 1.82. The molecule has 4 heterocycles. The van der Waals surface area contributed by atoms with E-state index in [-0.39, 0.29) is 11.6 Å². The molecule has 10 nitrogen and oxygen atoms in total. The second kappa shape index (κ2) is 10.9. The number of rotatable bonds is 8. The molecule has 0 radical (unpaired) electrons. The number of fused-ring (bicyclic) bond motifs is 1. The predicted octanol–water partition coefficient (Wildman–Crippen LogP) is 5.42. The maximum atomic E-state index is 11.7. The maximum Gasteiger partial charge on any atom is 0.439 e. The molecule has 1 N–H and O–H groups in total. The number of aromatic nitrogens is 7. The highest BCUT2D eigenvalue weighted by atomic mass is 35.5. The minimum atomic E-state index is -0.673. The van der Waals surface area contributed by atoms with Gasteiger partial charge in [-0.15, -0.1) is 0 Å². The van der Waals surface area contributed by atoms with Crippen LogP contribution in [-0.2, 0) is 17.9 Å². The van der Waals surface area contributed by atoms with Crippen LogP contribution in [0.3, 0.4) is 0 Å². The molecule has 0 spiro atoms. The van der Waals surface area contributed by atoms with Crippen molar-refractivity contribution in [2.45, 2.75) is 71.4 Å². The Bertz CT molecular complexity index is 1470. The van der Waals surface area contributed by atoms with Gasteiger partial charge < -0.3 is 9.30 Å². The first-order valence-corrected chi connectivity index (χ1v) is 13.9. The van der Waals surface area contributed by atoms with Gasteiger partial charge >= 0.3 is 5.76 Å². The fourth-order valence-corrected chi connectivity index (χ4v) is 6.00. The summed E-state index contributed by atoms with van der Waals surface area (Å²) in [5.41, 5.74) is 2.68. The summed E-state index contributed by atoms with van der Waals surface area (Å²) in [5, 5.41) is 4.30. The van der Waals surface area contributed by atoms with Gasteiger partial charge in [-0.1, -0.05) is 49.4 Å². The molecule has 200 valence electrons. The number of halogens is 1. The Hall–Kier alpha value is -3.11. The number of ether oxygens (including phenoxy) is 1. The summed E-state index contributed by atoms with van der Waals surface area (Å²) in [7, 11) is 0. The van der Waals surface area contributed by atoms with Crippen LogP contribution in [0, 0.1) is 17.8 Å². The fraction of sp³-hybridized carbons (Fsp3) is 0.556. The van der Waals surface area contributed by atoms with Gasteiger partial charge in [0, 0.05) is 31.1 Å². The van der Waals surface area contributed by atoms with Gasteiger partial charge in [-0.2, -0.15) is 0 Å². The Kier molecular flexibility index (Phi) is 7.25. The van der Waals surface area contributed by atoms with E-state index in [9.17, 15) is 4.79 Å². The second-order valence-electron chi connectivity index (χ2n) is 10.8. The molecule has 0 bridgehead atoms. The van der Waals surface area contributed by atoms with E-state index in [0.717, 1.165) is 36.0 Å². The maximum absolute atomic E-state index is 11.7. The number of nitrogens with zero attached hydrogens (tertiary/aromatic N) is 6. The largest absolute Gasteiger partial charge is 0.439 e. The number of pyridine rings is 1. The average Bonchev–Trinajstić information content (AvgIpc) is 3.66. The van der Waals surface area contributed by atoms with Gasteiger partial charge in [-0.3, -0.25) is 14.5 Å². The van der Waals surface area contributed by atoms with E-state index in [1.165, 1.54) is 51.4 Å². The van der Waals surface area contributed by atoms with Gasteiger partial charge in [0.05, 0.1) is 5.02 Å². The summed E-state index contributed by atoms with van der Waals surface area (Å²) in [4.78, 5) is 32.9. The number of hydrogen-bond acceptors (Lipinski definition) is 8. The second-order valence-corrected chi connectivity index (χ2v) is 11.3. The molecule has 2 aliphatic carbocycles. The highest BCUT2D eigenvalue weighted by Gasteiger charge is 2.26. The standard InChI is InChI=1S/C27H32ClN7O3/c1-16-6-8-17(9-7-16)13-35-21(15-37-14-18-4-2-3-5-18)30-24-23(35)22(19-10-20(28)12-29-11-19)31-25(32-24)26-33-27(36)38-34-26/h10-12,16-18H,2-9,13-15H2,1H3,(H,33,34,36). The summed E-state index contributed by atoms with van der Waals surface area (Å²) in [5.74, 6) is 2.44. The van der Waals surface area contributed by atoms with Crippen molar-refractivity contribution < 1.29 is 9.26 Å². The van der Waals surface area contributed by atoms with Crippen LogP contribution in [0.2, 0.25) is 5.02 Å². The molecule has 0 saturated heterocycles. The first-order chi connectivity index (χ1) is 18.5. The van der Waals surface area contributed by atoms with E-state index in [1.54, 1.807) is 12.4 Å². The monoisotopic (exact) mass is 537 g/mol. The summed E-state index contributed by atoms with van der Waals surface area (Å²) >= 11 is 6.33. The van der Waals surface area contributed by atoms with Crippen LogP contribution in [0.15, 0.2) is 27.8 Å². The van der Waals surface area contributed by atoms with Gasteiger partial charge in [0.2, 0.25) is 11.6 Å². The van der Waals surface area contributed by atoms with Crippen molar-refractivity contribution in [3.05, 3.63) is 39.9 Å². The van der Waals surface area contributed by atoms with Crippen molar-refractivity contribution >= 4 is 22.8 Å². The van der Waals surface area contributed by atoms with Crippen LogP contribution < -0.4 is 5.76 Å². The lowest BCUT2D eigenvalue weighted by molar-refractivity contribution is 0.0818. The van der Waals surface area contributed by atoms with Gasteiger partial charge in [0.15, 0.2) is 5.65 Å². The third-order valence-corrected chi connectivity index (χ3v) is 8.15. The van der Waals surface area contributed by atoms with Crippen LogP contribution in [0.1, 0.15) is 64.1 Å². The molecule has 0 unspecified atom stereocenters. The molecule has 0 aliphatic heterocycles. The quantitative estimate of drug-likeness (QED) is 0.316. The van der Waals surface area contributed by atoms with Gasteiger partial charge in [-0.25, -0.2) is 19.7 Å². The lowest BCUT2D eigenvalue weighted by atomic mass is 9.83. The molecule has 0 atom stereocenters. The lowest BCUT2D eigenvalue weighted by Crippen LogP contribution is -2.20. The van der Waals surface area contributed by atoms with E-state index in [1.807, 2.05) is 6.07 Å². The summed E-state index contributed by atoms with van der Waals surface area (Å²) in [6.07, 6.45) is 13.2. The van der Waals surface area contributed by atoms with Crippen molar-refractivity contribution in [1.29, 1.82) is 0 Å². The third kappa shape index (κ3) is 5.37. The minimum Gasteiger partial charge on any atom is -0.373 e. The van der Waals surface area contributed by atoms with Crippen molar-refractivity contribution in [2.24, 2.45) is 17.8 Å². The minimum absolute atomic E-state index is 0.142. The van der Waals surface area contributed by atoms with Crippen molar-refractivity contribution in [3.63, 3.8) is 0 Å². The molecule has 38 heavy (non-hydrogen) atoms. The molecular formula is C27H32ClN7O3. The highest BCUT2D eigenvalue weighted by Crippen LogP contribution is 2.34. The van der Waals surface area contributed by atoms with E-state index >= 15 is 0 Å².